The second kappa shape index (κ2) is 9.31. The van der Waals surface area contributed by atoms with Gasteiger partial charge in [-0.25, -0.2) is 0 Å². The van der Waals surface area contributed by atoms with E-state index in [0.29, 0.717) is 0 Å². The molecule has 0 saturated carbocycles. The van der Waals surface area contributed by atoms with Gasteiger partial charge >= 0.3 is 42.6 Å². The number of benzene rings is 3. The summed E-state index contributed by atoms with van der Waals surface area (Å²) in [6.45, 7) is 0. The maximum absolute atomic E-state index is 10.00. The molecule has 0 unspecified atom stereocenters. The van der Waals surface area contributed by atoms with Crippen LogP contribution in [0.1, 0.15) is 5.56 Å². The third-order valence-corrected chi connectivity index (χ3v) is 3.05. The number of aromatic hydroxyl groups is 1. The molecule has 0 radical (unpaired) electrons. The van der Waals surface area contributed by atoms with Crippen molar-refractivity contribution in [3.8, 4) is 5.75 Å². The number of halogens is 3. The molecule has 0 fully saturated rings. The average molecular weight is 402 g/mol. The number of hydrogen-bond acceptors (Lipinski definition) is 2. The van der Waals surface area contributed by atoms with Gasteiger partial charge in [0, 0.05) is 11.8 Å². The van der Waals surface area contributed by atoms with Gasteiger partial charge in [-0.05, 0) is 29.0 Å². The molecule has 0 aliphatic rings. The Bertz CT molecular complexity index is 791. The van der Waals surface area contributed by atoms with Crippen LogP contribution in [0.3, 0.4) is 0 Å². The van der Waals surface area contributed by atoms with Crippen LogP contribution in [-0.4, -0.2) is 11.3 Å². The van der Waals surface area contributed by atoms with Crippen LogP contribution in [0.25, 0.3) is 10.8 Å². The standard InChI is InChI=1S/C17H13NO.3ClH.Ti/c19-17-11-10-13-6-4-5-9-15(13)16(17)12-18-14-7-2-1-3-8-14;;;;/h1-12,19H;3*1H;/q;;;;+3/p-3. The number of aliphatic imine (C=N–C) groups is 1. The van der Waals surface area contributed by atoms with Gasteiger partial charge in [0.15, 0.2) is 0 Å². The minimum atomic E-state index is -1.92. The van der Waals surface area contributed by atoms with Crippen LogP contribution in [0.15, 0.2) is 71.7 Å². The first-order valence-corrected chi connectivity index (χ1v) is 13.2. The number of fused-ring (bicyclic) bond motifs is 1. The third kappa shape index (κ3) is 5.83. The predicted octanol–water partition coefficient (Wildman–Crippen LogP) is 6.36. The van der Waals surface area contributed by atoms with Crippen molar-refractivity contribution < 1.29 is 19.8 Å². The first-order chi connectivity index (χ1) is 11.1. The van der Waals surface area contributed by atoms with Crippen molar-refractivity contribution in [2.45, 2.75) is 0 Å². The van der Waals surface area contributed by atoms with Crippen LogP contribution < -0.4 is 0 Å². The van der Waals surface area contributed by atoms with E-state index < -0.39 is 14.7 Å². The summed E-state index contributed by atoms with van der Waals surface area (Å²) in [7, 11) is 14.9. The SMILES string of the molecule is Oc1ccc2ccccc2c1C=Nc1ccccc1.[Cl][Ti]([Cl])[Cl]. The van der Waals surface area contributed by atoms with Crippen LogP contribution in [0, 0.1) is 0 Å². The Morgan fingerprint density at radius 2 is 1.43 bits per heavy atom. The van der Waals surface area contributed by atoms with Crippen molar-refractivity contribution in [1.82, 2.24) is 0 Å². The second-order valence-corrected chi connectivity index (χ2v) is 12.3. The molecular weight excluding hydrogens is 388 g/mol. The summed E-state index contributed by atoms with van der Waals surface area (Å²) in [4.78, 5) is 4.40. The molecule has 1 N–H and O–H groups in total. The molecule has 0 spiro atoms. The Hall–Kier alpha value is -1.03. The quantitative estimate of drug-likeness (QED) is 0.393. The normalized spacial score (nSPS) is 10.4. The summed E-state index contributed by atoms with van der Waals surface area (Å²) in [5, 5.41) is 12.1. The molecule has 0 aromatic heterocycles. The second-order valence-electron chi connectivity index (χ2n) is 4.53. The van der Waals surface area contributed by atoms with Gasteiger partial charge in [-0.1, -0.05) is 48.5 Å². The van der Waals surface area contributed by atoms with E-state index in [2.05, 4.69) is 4.99 Å². The third-order valence-electron chi connectivity index (χ3n) is 3.05. The molecule has 3 aromatic carbocycles. The van der Waals surface area contributed by atoms with Gasteiger partial charge in [-0.2, -0.15) is 0 Å². The van der Waals surface area contributed by atoms with Gasteiger partial charge in [0.05, 0.1) is 5.69 Å². The molecular formula is C17H13Cl3NOTi. The van der Waals surface area contributed by atoms with Gasteiger partial charge < -0.3 is 5.11 Å². The molecule has 23 heavy (non-hydrogen) atoms. The van der Waals surface area contributed by atoms with Crippen LogP contribution in [0.5, 0.6) is 5.75 Å². The number of rotatable bonds is 2. The topological polar surface area (TPSA) is 32.6 Å². The molecule has 3 aromatic rings. The number of hydrogen-bond donors (Lipinski definition) is 1. The monoisotopic (exact) mass is 400 g/mol. The maximum atomic E-state index is 10.00. The van der Waals surface area contributed by atoms with Crippen molar-refractivity contribution in [2.75, 3.05) is 0 Å². The Balaban J connectivity index is 0.000000433. The van der Waals surface area contributed by atoms with Crippen LogP contribution >= 0.6 is 27.9 Å². The number of para-hydroxylation sites is 1. The van der Waals surface area contributed by atoms with E-state index in [1.165, 1.54) is 0 Å². The van der Waals surface area contributed by atoms with Crippen molar-refractivity contribution >= 4 is 50.6 Å². The summed E-state index contributed by atoms with van der Waals surface area (Å²) in [5.74, 6) is 0.249. The Morgan fingerprint density at radius 3 is 2.13 bits per heavy atom. The predicted molar refractivity (Wildman–Crippen MR) is 96.9 cm³/mol. The Morgan fingerprint density at radius 1 is 0.826 bits per heavy atom. The fourth-order valence-corrected chi connectivity index (χ4v) is 2.07. The summed E-state index contributed by atoms with van der Waals surface area (Å²) >= 11 is -1.92. The summed E-state index contributed by atoms with van der Waals surface area (Å²) < 4.78 is 0. The zero-order valence-electron chi connectivity index (χ0n) is 12.0. The number of nitrogens with zero attached hydrogens (tertiary/aromatic N) is 1. The molecule has 0 aliphatic carbocycles. The van der Waals surface area contributed by atoms with E-state index in [0.717, 1.165) is 22.0 Å². The fraction of sp³-hybridized carbons (Fsp3) is 0. The van der Waals surface area contributed by atoms with Gasteiger partial charge in [0.2, 0.25) is 0 Å². The van der Waals surface area contributed by atoms with E-state index in [4.69, 9.17) is 27.9 Å². The summed E-state index contributed by atoms with van der Waals surface area (Å²) in [6.07, 6.45) is 1.72. The number of phenolic OH excluding ortho intramolecular Hbond substituents is 1. The molecule has 0 saturated heterocycles. The van der Waals surface area contributed by atoms with Crippen LogP contribution in [0.4, 0.5) is 5.69 Å². The van der Waals surface area contributed by atoms with Crippen molar-refractivity contribution in [1.29, 1.82) is 0 Å². The molecule has 117 valence electrons. The summed E-state index contributed by atoms with van der Waals surface area (Å²) in [5.41, 5.74) is 1.62. The van der Waals surface area contributed by atoms with Gasteiger partial charge in [0.1, 0.15) is 5.75 Å². The van der Waals surface area contributed by atoms with Gasteiger partial charge in [-0.3, -0.25) is 4.99 Å². The van der Waals surface area contributed by atoms with Crippen molar-refractivity contribution in [3.63, 3.8) is 0 Å². The summed E-state index contributed by atoms with van der Waals surface area (Å²) in [6, 6.07) is 21.3. The van der Waals surface area contributed by atoms with E-state index in [1.54, 1.807) is 12.3 Å². The molecule has 0 bridgehead atoms. The van der Waals surface area contributed by atoms with Crippen LogP contribution in [-0.2, 0) is 14.7 Å². The van der Waals surface area contributed by atoms with E-state index in [1.807, 2.05) is 60.7 Å². The zero-order chi connectivity index (χ0) is 16.7. The fourth-order valence-electron chi connectivity index (χ4n) is 2.07. The Labute approximate surface area is 152 Å². The molecule has 3 rings (SSSR count). The Kier molecular flexibility index (Phi) is 7.42. The number of phenols is 1. The van der Waals surface area contributed by atoms with Crippen molar-refractivity contribution in [2.24, 2.45) is 4.99 Å². The van der Waals surface area contributed by atoms with E-state index >= 15 is 0 Å². The first-order valence-electron chi connectivity index (χ1n) is 6.71. The first kappa shape index (κ1) is 18.3. The molecule has 0 amide bonds. The molecule has 6 heteroatoms. The molecule has 0 aliphatic heterocycles. The molecule has 2 nitrogen and oxygen atoms in total. The average Bonchev–Trinajstić information content (AvgIpc) is 2.54. The van der Waals surface area contributed by atoms with Gasteiger partial charge in [0.25, 0.3) is 0 Å². The minimum absolute atomic E-state index is 0.249. The zero-order valence-corrected chi connectivity index (χ0v) is 15.8. The van der Waals surface area contributed by atoms with Gasteiger partial charge in [-0.15, -0.1) is 0 Å². The van der Waals surface area contributed by atoms with Crippen molar-refractivity contribution in [3.05, 3.63) is 72.3 Å². The van der Waals surface area contributed by atoms with Crippen LogP contribution in [0.2, 0.25) is 0 Å². The molecule has 0 atom stereocenters. The van der Waals surface area contributed by atoms with E-state index in [-0.39, 0.29) is 5.75 Å². The molecule has 0 heterocycles. The van der Waals surface area contributed by atoms with E-state index in [9.17, 15) is 5.11 Å².